The summed E-state index contributed by atoms with van der Waals surface area (Å²) in [6, 6.07) is 0. The molecule has 594 valence electrons. The van der Waals surface area contributed by atoms with Crippen LogP contribution >= 0.6 is 0 Å². The number of rotatable bonds is 28. The molecule has 8 rings (SSSR count). The zero-order valence-corrected chi connectivity index (χ0v) is 78.1. The Labute approximate surface area is 707 Å². The molecule has 16 amide bonds. The van der Waals surface area contributed by atoms with Crippen LogP contribution in [0.15, 0.2) is 93.2 Å². The van der Waals surface area contributed by atoms with Crippen LogP contribution in [0.3, 0.4) is 0 Å². The van der Waals surface area contributed by atoms with E-state index in [2.05, 4.69) is 0 Å². The smallest absolute Gasteiger partial charge is 0.323 e. The number of nitrogens with zero attached hydrogens (tertiary/aromatic N) is 8. The number of unbranched alkanes of at least 4 members (excludes halogenated alkanes) is 2. The molecule has 0 spiro atoms. The number of carboxylic acids is 8. The summed E-state index contributed by atoms with van der Waals surface area (Å²) >= 11 is 0. The third kappa shape index (κ3) is 38.8. The summed E-state index contributed by atoms with van der Waals surface area (Å²) in [6.45, 7) is 12.1. The number of aliphatic carboxylic acids is 8. The van der Waals surface area contributed by atoms with Gasteiger partial charge in [0.2, 0.25) is 0 Å². The largest absolute Gasteiger partial charge is 0.481 e. The predicted octanol–water partition coefficient (Wildman–Crippen LogP) is -0.242. The fraction of sp³-hybridized carbons (Fsp3) is 0.412. The molecule has 0 aromatic rings. The van der Waals surface area contributed by atoms with Gasteiger partial charge >= 0.3 is 47.8 Å². The van der Waals surface area contributed by atoms with Crippen molar-refractivity contribution < 1.29 is 253 Å². The van der Waals surface area contributed by atoms with Crippen LogP contribution in [-0.2, 0) is 212 Å². The number of carbonyl (C=O) groups is 24. The van der Waals surface area contributed by atoms with E-state index in [1.54, 1.807) is 27.7 Å². The van der Waals surface area contributed by atoms with Crippen LogP contribution in [0, 0.1) is 0 Å². The second-order valence-corrected chi connectivity index (χ2v) is 23.6. The first-order valence-corrected chi connectivity index (χ1v) is 32.2. The Balaban J connectivity index is -0.000000391. The SMILES string of the molecule is CC1=CC(=O)N(CC(=O)O)C1=O.CC1=CC(=O)N(CC(=O)O)C1=O.CC1=CC(=O)N(CCC(=O)O)C1=O.CC1=CC(=O)N(CCC(=O)O)C1=O.CC1=CC(=O)N(CCCC(=O)O)C1=O.CC1=CC(=O)N(CCCC(=O)O)C1=O.CC1=CC(=O)N(CCCCC(=O)O)C1=O.CC1=CC(=O)N(CCCCC(=O)O)C1=O.[Zn].[Zn].[Zn].[Zn].[Zn]. The second kappa shape index (κ2) is 54.6. The summed E-state index contributed by atoms with van der Waals surface area (Å²) in [4.78, 5) is 268. The minimum atomic E-state index is -1.19. The van der Waals surface area contributed by atoms with Gasteiger partial charge in [-0.3, -0.25) is 154 Å². The Kier molecular flexibility index (Phi) is 53.8. The Hall–Kier alpha value is -10.1. The van der Waals surface area contributed by atoms with Crippen LogP contribution in [0.2, 0.25) is 0 Å². The summed E-state index contributed by atoms with van der Waals surface area (Å²) in [7, 11) is 0. The monoisotopic (exact) mass is 1840 g/mol. The van der Waals surface area contributed by atoms with Gasteiger partial charge in [0.15, 0.2) is 0 Å². The molecule has 0 unspecified atom stereocenters. The number of carboxylic acid groups (broad SMARTS) is 8. The molecule has 8 aliphatic rings. The molecule has 0 radical (unpaired) electrons. The summed E-state index contributed by atoms with van der Waals surface area (Å²) in [5.74, 6) is -14.3. The van der Waals surface area contributed by atoms with Gasteiger partial charge in [0.25, 0.3) is 94.5 Å². The first-order chi connectivity index (χ1) is 50.2. The van der Waals surface area contributed by atoms with Crippen molar-refractivity contribution in [3.63, 3.8) is 0 Å². The molecule has 0 aromatic heterocycles. The first-order valence-electron chi connectivity index (χ1n) is 32.2. The summed E-state index contributed by atoms with van der Waals surface area (Å²) in [6.07, 6.45) is 12.1. The van der Waals surface area contributed by atoms with Gasteiger partial charge in [-0.15, -0.1) is 0 Å². The molecule has 113 heavy (non-hydrogen) atoms. The van der Waals surface area contributed by atoms with E-state index in [4.69, 9.17) is 40.9 Å². The van der Waals surface area contributed by atoms with Gasteiger partial charge in [-0.1, -0.05) is 0 Å². The van der Waals surface area contributed by atoms with Gasteiger partial charge in [-0.2, -0.15) is 0 Å². The number of imide groups is 8. The maximum Gasteiger partial charge on any atom is 0.323 e. The third-order valence-corrected chi connectivity index (χ3v) is 14.8. The van der Waals surface area contributed by atoms with Crippen LogP contribution in [0.1, 0.15) is 132 Å². The van der Waals surface area contributed by atoms with Crippen molar-refractivity contribution in [1.82, 2.24) is 39.2 Å². The van der Waals surface area contributed by atoms with E-state index in [0.717, 1.165) is 41.6 Å². The fourth-order valence-electron chi connectivity index (χ4n) is 9.23. The van der Waals surface area contributed by atoms with Crippen LogP contribution in [0.4, 0.5) is 0 Å². The maximum atomic E-state index is 11.4. The van der Waals surface area contributed by atoms with E-state index in [-0.39, 0.29) is 220 Å². The Morgan fingerprint density at radius 3 is 0.487 bits per heavy atom. The van der Waals surface area contributed by atoms with Crippen LogP contribution in [-0.4, -0.2) is 275 Å². The quantitative estimate of drug-likeness (QED) is 0.0285. The molecule has 0 fully saturated rings. The molecular formula is C68H80N8O32Zn5. The van der Waals surface area contributed by atoms with Crippen molar-refractivity contribution in [2.24, 2.45) is 0 Å². The molecule has 0 atom stereocenters. The van der Waals surface area contributed by atoms with Crippen molar-refractivity contribution in [1.29, 1.82) is 0 Å². The molecular weight excluding hydrogens is 1770 g/mol. The standard InChI is InChI=1S/2C10H13NO4.2C9H11NO4.2C8H9NO4.2C7H7NO4.5Zn/c2*1-7-6-8(12)11(10(7)15)5-3-2-4-9(13)14;2*1-6-5-7(11)10(9(6)14)4-2-3-8(12)13;2*1-5-4-6(10)9(8(5)13)3-2-7(11)12;2*1-4-2-5(9)8(7(4)12)3-6(10)11;;;;;/h2*6H,2-5H2,1H3,(H,13,14);2*5H,2-4H2,1H3,(H,12,13);2*4H,2-3H2,1H3,(H,11,12);2*2H,3H2,1H3,(H,10,11);;;;;. The molecule has 8 N–H and O–H groups in total. The van der Waals surface area contributed by atoms with E-state index < -0.39 is 108 Å². The van der Waals surface area contributed by atoms with Crippen molar-refractivity contribution in [2.75, 3.05) is 52.4 Å². The summed E-state index contributed by atoms with van der Waals surface area (Å²) < 4.78 is 0. The maximum absolute atomic E-state index is 11.4. The number of hydrogen-bond acceptors (Lipinski definition) is 24. The molecule has 0 saturated carbocycles. The molecule has 0 aliphatic carbocycles. The van der Waals surface area contributed by atoms with E-state index in [0.29, 0.717) is 94.9 Å². The van der Waals surface area contributed by atoms with Crippen molar-refractivity contribution in [3.05, 3.63) is 93.2 Å². The van der Waals surface area contributed by atoms with Crippen molar-refractivity contribution in [3.8, 4) is 0 Å². The number of hydrogen-bond donors (Lipinski definition) is 8. The van der Waals surface area contributed by atoms with E-state index >= 15 is 0 Å². The van der Waals surface area contributed by atoms with Crippen LogP contribution < -0.4 is 0 Å². The van der Waals surface area contributed by atoms with Crippen molar-refractivity contribution >= 4 is 142 Å². The molecule has 0 saturated heterocycles. The Bertz CT molecular complexity index is 3790. The summed E-state index contributed by atoms with van der Waals surface area (Å²) in [5.41, 5.74) is 2.97. The van der Waals surface area contributed by atoms with E-state index in [1.807, 2.05) is 0 Å². The fourth-order valence-corrected chi connectivity index (χ4v) is 9.23. The molecule has 40 nitrogen and oxygen atoms in total. The zero-order chi connectivity index (χ0) is 82.9. The molecule has 8 aliphatic heterocycles. The average molecular weight is 1850 g/mol. The van der Waals surface area contributed by atoms with Gasteiger partial charge < -0.3 is 40.9 Å². The van der Waals surface area contributed by atoms with Gasteiger partial charge in [-0.05, 0) is 93.9 Å². The number of carbonyl (C=O) groups excluding carboxylic acids is 16. The van der Waals surface area contributed by atoms with Gasteiger partial charge in [0.05, 0.1) is 12.8 Å². The zero-order valence-electron chi connectivity index (χ0n) is 63.2. The molecule has 0 bridgehead atoms. The third-order valence-electron chi connectivity index (χ3n) is 14.8. The summed E-state index contributed by atoms with van der Waals surface area (Å²) in [5, 5.41) is 66.9. The minimum absolute atomic E-state index is 0. The topological polar surface area (TPSA) is 597 Å². The van der Waals surface area contributed by atoms with Gasteiger partial charge in [0.1, 0.15) is 13.1 Å². The normalized spacial score (nSPS) is 15.5. The minimum Gasteiger partial charge on any atom is -0.481 e. The van der Waals surface area contributed by atoms with Crippen LogP contribution in [0.5, 0.6) is 0 Å². The van der Waals surface area contributed by atoms with E-state index in [9.17, 15) is 115 Å². The van der Waals surface area contributed by atoms with Gasteiger partial charge in [0, 0.05) is 256 Å². The first kappa shape index (κ1) is 111. The Morgan fingerprint density at radius 2 is 0.345 bits per heavy atom. The van der Waals surface area contributed by atoms with Crippen molar-refractivity contribution in [2.45, 2.75) is 132 Å². The molecule has 0 aromatic carbocycles. The Morgan fingerprint density at radius 1 is 0.204 bits per heavy atom. The van der Waals surface area contributed by atoms with Gasteiger partial charge in [-0.25, -0.2) is 0 Å². The van der Waals surface area contributed by atoms with Crippen LogP contribution in [0.25, 0.3) is 0 Å². The number of amides is 16. The van der Waals surface area contributed by atoms with E-state index in [1.165, 1.54) is 64.2 Å². The molecule has 8 heterocycles. The average Bonchev–Trinajstić information content (AvgIpc) is 1.99. The molecule has 45 heteroatoms. The predicted molar refractivity (Wildman–Crippen MR) is 360 cm³/mol. The second-order valence-electron chi connectivity index (χ2n) is 23.6.